The maximum Gasteiger partial charge on any atom is 0.267 e. The lowest BCUT2D eigenvalue weighted by molar-refractivity contribution is -0.112. The fourth-order valence-corrected chi connectivity index (χ4v) is 3.04. The number of hydrogen-bond donors (Lipinski definition) is 1. The minimum absolute atomic E-state index is 0.134. The van der Waals surface area contributed by atoms with Crippen LogP contribution in [0.4, 0.5) is 5.69 Å². The highest BCUT2D eigenvalue weighted by atomic mass is 127. The van der Waals surface area contributed by atoms with Gasteiger partial charge in [-0.25, -0.2) is 0 Å². The lowest BCUT2D eigenvalue weighted by atomic mass is 10.1. The molecule has 0 spiro atoms. The lowest BCUT2D eigenvalue weighted by Crippen LogP contribution is -2.28. The Morgan fingerprint density at radius 2 is 1.88 bits per heavy atom. The van der Waals surface area contributed by atoms with E-state index in [1.54, 1.807) is 6.20 Å². The molecular weight excluding hydrogens is 413 g/mol. The average Bonchev–Trinajstić information content (AvgIpc) is 2.46. The van der Waals surface area contributed by atoms with Crippen molar-refractivity contribution in [2.45, 2.75) is 34.6 Å². The second kappa shape index (κ2) is 9.67. The van der Waals surface area contributed by atoms with Gasteiger partial charge in [0, 0.05) is 28.5 Å². The number of nitrogens with one attached hydrogen (secondary N) is 1. The highest BCUT2D eigenvalue weighted by molar-refractivity contribution is 14.1. The summed E-state index contributed by atoms with van der Waals surface area (Å²) in [5, 5.41) is 12.2. The van der Waals surface area contributed by atoms with Gasteiger partial charge in [-0.1, -0.05) is 27.7 Å². The molecule has 5 heteroatoms. The molecule has 24 heavy (non-hydrogen) atoms. The third kappa shape index (κ3) is 6.91. The molecular formula is C19H26IN3O. The van der Waals surface area contributed by atoms with Gasteiger partial charge in [0.25, 0.3) is 5.91 Å². The van der Waals surface area contributed by atoms with Crippen molar-refractivity contribution in [2.75, 3.05) is 18.4 Å². The second-order valence-corrected chi connectivity index (χ2v) is 8.06. The summed E-state index contributed by atoms with van der Waals surface area (Å²) >= 11 is 2.23. The first-order valence-corrected chi connectivity index (χ1v) is 9.24. The molecule has 1 N–H and O–H groups in total. The van der Waals surface area contributed by atoms with Crippen molar-refractivity contribution in [1.82, 2.24) is 4.90 Å². The molecule has 0 unspecified atom stereocenters. The van der Waals surface area contributed by atoms with Crippen LogP contribution in [0.25, 0.3) is 0 Å². The molecule has 0 aromatic heterocycles. The Morgan fingerprint density at radius 1 is 1.29 bits per heavy atom. The summed E-state index contributed by atoms with van der Waals surface area (Å²) in [5.41, 5.74) is 1.85. The van der Waals surface area contributed by atoms with Crippen molar-refractivity contribution < 1.29 is 4.79 Å². The number of aryl methyl sites for hydroxylation is 1. The van der Waals surface area contributed by atoms with E-state index < -0.39 is 0 Å². The largest absolute Gasteiger partial charge is 0.376 e. The second-order valence-electron chi connectivity index (χ2n) is 6.81. The third-order valence-electron chi connectivity index (χ3n) is 3.31. The Kier molecular flexibility index (Phi) is 8.26. The number of rotatable bonds is 7. The van der Waals surface area contributed by atoms with Gasteiger partial charge in [-0.2, -0.15) is 5.26 Å². The van der Waals surface area contributed by atoms with Gasteiger partial charge in [0.05, 0.1) is 0 Å². The minimum atomic E-state index is -0.362. The van der Waals surface area contributed by atoms with Crippen LogP contribution in [0.15, 0.2) is 30.0 Å². The average molecular weight is 439 g/mol. The van der Waals surface area contributed by atoms with Gasteiger partial charge in [0.15, 0.2) is 0 Å². The van der Waals surface area contributed by atoms with Crippen LogP contribution in [0.2, 0.25) is 0 Å². The molecule has 130 valence electrons. The molecule has 1 aromatic carbocycles. The normalized spacial score (nSPS) is 11.5. The van der Waals surface area contributed by atoms with Crippen molar-refractivity contribution in [3.05, 3.63) is 39.1 Å². The van der Waals surface area contributed by atoms with Crippen LogP contribution in [-0.4, -0.2) is 23.9 Å². The first-order chi connectivity index (χ1) is 11.2. The van der Waals surface area contributed by atoms with E-state index in [4.69, 9.17) is 0 Å². The number of nitrogens with zero attached hydrogens (tertiary/aromatic N) is 2. The molecule has 0 aliphatic heterocycles. The van der Waals surface area contributed by atoms with Crippen molar-refractivity contribution in [1.29, 1.82) is 5.26 Å². The van der Waals surface area contributed by atoms with Crippen LogP contribution in [0.1, 0.15) is 33.3 Å². The molecule has 1 aromatic rings. The Labute approximate surface area is 159 Å². The van der Waals surface area contributed by atoms with Crippen molar-refractivity contribution in [3.8, 4) is 6.07 Å². The van der Waals surface area contributed by atoms with Crippen molar-refractivity contribution >= 4 is 34.2 Å². The van der Waals surface area contributed by atoms with Gasteiger partial charge in [0.1, 0.15) is 11.6 Å². The van der Waals surface area contributed by atoms with E-state index in [-0.39, 0.29) is 11.5 Å². The monoisotopic (exact) mass is 439 g/mol. The molecule has 0 fully saturated rings. The summed E-state index contributed by atoms with van der Waals surface area (Å²) in [4.78, 5) is 14.5. The summed E-state index contributed by atoms with van der Waals surface area (Å²) in [6, 6.07) is 7.83. The number of hydrogen-bond acceptors (Lipinski definition) is 3. The molecule has 0 saturated heterocycles. The van der Waals surface area contributed by atoms with Crippen LogP contribution in [0.5, 0.6) is 0 Å². The number of anilines is 1. The molecule has 0 radical (unpaired) electrons. The van der Waals surface area contributed by atoms with E-state index >= 15 is 0 Å². The Balaban J connectivity index is 2.96. The van der Waals surface area contributed by atoms with Gasteiger partial charge < -0.3 is 10.2 Å². The summed E-state index contributed by atoms with van der Waals surface area (Å²) < 4.78 is 1.11. The van der Waals surface area contributed by atoms with Crippen LogP contribution in [0.3, 0.4) is 0 Å². The van der Waals surface area contributed by atoms with E-state index in [9.17, 15) is 10.1 Å². The van der Waals surface area contributed by atoms with Crippen LogP contribution in [0, 0.1) is 33.7 Å². The summed E-state index contributed by atoms with van der Waals surface area (Å²) in [7, 11) is 0. The molecule has 0 aliphatic carbocycles. The highest BCUT2D eigenvalue weighted by Crippen LogP contribution is 2.18. The number of carbonyl (C=O) groups is 1. The van der Waals surface area contributed by atoms with Gasteiger partial charge in [-0.3, -0.25) is 4.79 Å². The lowest BCUT2D eigenvalue weighted by Gasteiger charge is -2.25. The first-order valence-electron chi connectivity index (χ1n) is 8.16. The quantitative estimate of drug-likeness (QED) is 0.385. The predicted molar refractivity (Wildman–Crippen MR) is 107 cm³/mol. The molecule has 4 nitrogen and oxygen atoms in total. The van der Waals surface area contributed by atoms with E-state index in [2.05, 4.69) is 60.5 Å². The van der Waals surface area contributed by atoms with Crippen LogP contribution >= 0.6 is 22.6 Å². The highest BCUT2D eigenvalue weighted by Gasteiger charge is 2.14. The fourth-order valence-electron chi connectivity index (χ4n) is 2.40. The molecule has 0 atom stereocenters. The molecule has 0 aliphatic rings. The molecule has 1 amide bonds. The fraction of sp³-hybridized carbons (Fsp3) is 0.474. The Morgan fingerprint density at radius 3 is 2.33 bits per heavy atom. The molecule has 1 rings (SSSR count). The number of nitriles is 1. The molecule has 0 saturated carbocycles. The maximum absolute atomic E-state index is 12.5. The van der Waals surface area contributed by atoms with E-state index in [0.717, 1.165) is 27.9 Å². The van der Waals surface area contributed by atoms with Crippen LogP contribution in [-0.2, 0) is 4.79 Å². The topological polar surface area (TPSA) is 56.1 Å². The number of amides is 1. The van der Waals surface area contributed by atoms with Gasteiger partial charge in [0.2, 0.25) is 0 Å². The first kappa shape index (κ1) is 20.5. The summed E-state index contributed by atoms with van der Waals surface area (Å²) in [6.07, 6.45) is 1.69. The SMILES string of the molecule is Cc1cc(I)ccc1NC(=O)/C(C#N)=C\N(CC(C)C)CC(C)C. The zero-order valence-corrected chi connectivity index (χ0v) is 17.2. The Hall–Kier alpha value is -1.55. The van der Waals surface area contributed by atoms with Gasteiger partial charge in [-0.05, 0) is 65.1 Å². The van der Waals surface area contributed by atoms with Crippen molar-refractivity contribution in [3.63, 3.8) is 0 Å². The standard InChI is InChI=1S/C19H26IN3O/c1-13(2)10-23(11-14(3)4)12-16(9-21)19(24)22-18-7-6-17(20)8-15(18)5/h6-8,12-14H,10-11H2,1-5H3,(H,22,24)/b16-12-. The van der Waals surface area contributed by atoms with Crippen LogP contribution < -0.4 is 5.32 Å². The maximum atomic E-state index is 12.5. The van der Waals surface area contributed by atoms with E-state index in [1.165, 1.54) is 0 Å². The zero-order chi connectivity index (χ0) is 18.3. The van der Waals surface area contributed by atoms with E-state index in [0.29, 0.717) is 11.8 Å². The number of carbonyl (C=O) groups excluding carboxylic acids is 1. The van der Waals surface area contributed by atoms with E-state index in [1.807, 2.05) is 31.2 Å². The van der Waals surface area contributed by atoms with Gasteiger partial charge in [-0.15, -0.1) is 0 Å². The summed E-state index contributed by atoms with van der Waals surface area (Å²) in [6.45, 7) is 12.1. The summed E-state index contributed by atoms with van der Waals surface area (Å²) in [5.74, 6) is 0.558. The number of halogens is 1. The molecule has 0 bridgehead atoms. The van der Waals surface area contributed by atoms with Crippen molar-refractivity contribution in [2.24, 2.45) is 11.8 Å². The predicted octanol–water partition coefficient (Wildman–Crippen LogP) is 4.56. The minimum Gasteiger partial charge on any atom is -0.376 e. The zero-order valence-electron chi connectivity index (χ0n) is 15.1. The Bertz CT molecular complexity index is 635. The number of benzene rings is 1. The smallest absolute Gasteiger partial charge is 0.267 e. The van der Waals surface area contributed by atoms with Gasteiger partial charge >= 0.3 is 0 Å². The molecule has 0 heterocycles. The third-order valence-corrected chi connectivity index (χ3v) is 3.98.